The van der Waals surface area contributed by atoms with Crippen molar-refractivity contribution >= 4 is 25.2 Å². The second-order valence-corrected chi connectivity index (χ2v) is 19.6. The van der Waals surface area contributed by atoms with Crippen LogP contribution in [-0.4, -0.2) is 87.7 Å². The Morgan fingerprint density at radius 3 is 2.57 bits per heavy atom. The van der Waals surface area contributed by atoms with Crippen LogP contribution >= 0.6 is 0 Å². The van der Waals surface area contributed by atoms with Gasteiger partial charge in [-0.15, -0.1) is 0 Å². The van der Waals surface area contributed by atoms with Crippen LogP contribution in [0.1, 0.15) is 40.0 Å². The molecule has 0 spiro atoms. The van der Waals surface area contributed by atoms with Gasteiger partial charge in [-0.05, 0) is 57.4 Å². The summed E-state index contributed by atoms with van der Waals surface area (Å²) >= 11 is 0. The van der Waals surface area contributed by atoms with Crippen LogP contribution in [0.5, 0.6) is 0 Å². The standard InChI is InChI=1S/C31H45N7O3Si/c1-30(2,3)41-29(39)36-15-13-35(14-16-36)25-19-31(20-25,9-10-32)38-22-24(21-34-38)26-7-11-33-28-27(26)8-12-37(28)23-40-17-18-42(4,5)6/h7-8,11-12,21-22,25H,9,13-20,23H2,1-6H3. The van der Waals surface area contributed by atoms with Gasteiger partial charge < -0.3 is 18.9 Å². The van der Waals surface area contributed by atoms with Gasteiger partial charge in [0.05, 0.1) is 24.2 Å². The Balaban J connectivity index is 1.23. The number of nitrogens with zero attached hydrogens (tertiary/aromatic N) is 7. The summed E-state index contributed by atoms with van der Waals surface area (Å²) in [5.41, 5.74) is 2.19. The molecule has 3 aromatic rings. The zero-order valence-electron chi connectivity index (χ0n) is 26.0. The Hall–Kier alpha value is -3.20. The van der Waals surface area contributed by atoms with E-state index in [-0.39, 0.29) is 11.6 Å². The number of nitriles is 1. The van der Waals surface area contributed by atoms with Crippen molar-refractivity contribution in [3.63, 3.8) is 0 Å². The molecule has 1 saturated carbocycles. The molecular formula is C31H45N7O3Si. The lowest BCUT2D eigenvalue weighted by molar-refractivity contribution is -0.0268. The van der Waals surface area contributed by atoms with Crippen molar-refractivity contribution in [3.05, 3.63) is 36.9 Å². The Kier molecular flexibility index (Phi) is 8.52. The van der Waals surface area contributed by atoms with Gasteiger partial charge in [-0.3, -0.25) is 9.58 Å². The SMILES string of the molecule is CC(C)(C)OC(=O)N1CCN(C2CC(CC#N)(n3cc(-c4ccnc5c4ccn5COCC[Si](C)(C)C)cn3)C2)CC1. The molecule has 1 saturated heterocycles. The number of piperazine rings is 1. The predicted molar refractivity (Wildman–Crippen MR) is 166 cm³/mol. The molecule has 1 aliphatic carbocycles. The second-order valence-electron chi connectivity index (χ2n) is 14.0. The van der Waals surface area contributed by atoms with Crippen molar-refractivity contribution < 1.29 is 14.3 Å². The van der Waals surface area contributed by atoms with E-state index < -0.39 is 13.7 Å². The Bertz CT molecular complexity index is 1430. The van der Waals surface area contributed by atoms with E-state index in [9.17, 15) is 10.1 Å². The third kappa shape index (κ3) is 6.71. The smallest absolute Gasteiger partial charge is 0.410 e. The highest BCUT2D eigenvalue weighted by molar-refractivity contribution is 6.76. The van der Waals surface area contributed by atoms with Crippen LogP contribution in [-0.2, 0) is 21.7 Å². The van der Waals surface area contributed by atoms with E-state index in [0.29, 0.717) is 32.3 Å². The van der Waals surface area contributed by atoms with Gasteiger partial charge in [-0.25, -0.2) is 9.78 Å². The summed E-state index contributed by atoms with van der Waals surface area (Å²) in [6, 6.07) is 8.05. The van der Waals surface area contributed by atoms with Gasteiger partial charge in [0.1, 0.15) is 18.0 Å². The molecule has 0 N–H and O–H groups in total. The number of pyridine rings is 1. The summed E-state index contributed by atoms with van der Waals surface area (Å²) in [5.74, 6) is 0. The van der Waals surface area contributed by atoms with Crippen LogP contribution in [0, 0.1) is 11.3 Å². The third-order valence-electron chi connectivity index (χ3n) is 8.39. The molecule has 4 heterocycles. The fraction of sp³-hybridized carbons (Fsp3) is 0.613. The highest BCUT2D eigenvalue weighted by atomic mass is 28.3. The topological polar surface area (TPSA) is 101 Å². The number of hydrogen-bond acceptors (Lipinski definition) is 7. The summed E-state index contributed by atoms with van der Waals surface area (Å²) in [5, 5.41) is 15.6. The van der Waals surface area contributed by atoms with Crippen LogP contribution in [0.3, 0.4) is 0 Å². The Morgan fingerprint density at radius 1 is 1.17 bits per heavy atom. The van der Waals surface area contributed by atoms with Crippen LogP contribution in [0.25, 0.3) is 22.2 Å². The van der Waals surface area contributed by atoms with Crippen molar-refractivity contribution in [1.29, 1.82) is 5.26 Å². The van der Waals surface area contributed by atoms with Crippen LogP contribution in [0.2, 0.25) is 25.7 Å². The zero-order valence-corrected chi connectivity index (χ0v) is 27.0. The predicted octanol–water partition coefficient (Wildman–Crippen LogP) is 5.54. The number of carbonyl (C=O) groups excluding carboxylic acids is 1. The molecule has 42 heavy (non-hydrogen) atoms. The molecule has 0 unspecified atom stereocenters. The molecule has 0 radical (unpaired) electrons. The number of rotatable bonds is 9. The lowest BCUT2D eigenvalue weighted by atomic mass is 9.70. The normalized spacial score (nSPS) is 21.7. The molecule has 10 nitrogen and oxygen atoms in total. The molecule has 1 amide bonds. The summed E-state index contributed by atoms with van der Waals surface area (Å²) < 4.78 is 15.6. The number of hydrogen-bond donors (Lipinski definition) is 0. The van der Waals surface area contributed by atoms with Crippen molar-refractivity contribution in [2.45, 2.75) is 89.6 Å². The highest BCUT2D eigenvalue weighted by Crippen LogP contribution is 2.45. The maximum Gasteiger partial charge on any atom is 0.410 e. The molecule has 2 aliphatic rings. The first-order valence-electron chi connectivity index (χ1n) is 15.0. The molecule has 1 aliphatic heterocycles. The molecule has 3 aromatic heterocycles. The van der Waals surface area contributed by atoms with Gasteiger partial charge in [0.25, 0.3) is 0 Å². The molecule has 0 atom stereocenters. The van der Waals surface area contributed by atoms with Crippen molar-refractivity contribution in [1.82, 2.24) is 29.1 Å². The monoisotopic (exact) mass is 591 g/mol. The van der Waals surface area contributed by atoms with E-state index in [1.165, 1.54) is 0 Å². The summed E-state index contributed by atoms with van der Waals surface area (Å²) in [4.78, 5) is 21.4. The number of aromatic nitrogens is 4. The average molecular weight is 592 g/mol. The quantitative estimate of drug-likeness (QED) is 0.238. The van der Waals surface area contributed by atoms with Gasteiger partial charge in [0, 0.05) is 76.4 Å². The largest absolute Gasteiger partial charge is 0.444 e. The highest BCUT2D eigenvalue weighted by Gasteiger charge is 2.49. The molecule has 0 bridgehead atoms. The fourth-order valence-corrected chi connectivity index (χ4v) is 6.70. The maximum absolute atomic E-state index is 12.5. The molecule has 11 heteroatoms. The second kappa shape index (κ2) is 11.8. The van der Waals surface area contributed by atoms with E-state index in [0.717, 1.165) is 60.7 Å². The van der Waals surface area contributed by atoms with Crippen molar-refractivity contribution in [2.75, 3.05) is 32.8 Å². The number of ether oxygens (including phenoxy) is 2. The summed E-state index contributed by atoms with van der Waals surface area (Å²) in [7, 11) is -1.13. The van der Waals surface area contributed by atoms with Gasteiger partial charge in [0.15, 0.2) is 0 Å². The molecule has 5 rings (SSSR count). The van der Waals surface area contributed by atoms with E-state index in [4.69, 9.17) is 14.6 Å². The third-order valence-corrected chi connectivity index (χ3v) is 10.1. The minimum absolute atomic E-state index is 0.242. The van der Waals surface area contributed by atoms with E-state index >= 15 is 0 Å². The lowest BCUT2D eigenvalue weighted by Gasteiger charge is -2.52. The van der Waals surface area contributed by atoms with E-state index in [2.05, 4.69) is 52.4 Å². The molecule has 2 fully saturated rings. The number of amides is 1. The first-order chi connectivity index (χ1) is 19.9. The van der Waals surface area contributed by atoms with Gasteiger partial charge in [-0.2, -0.15) is 10.4 Å². The average Bonchev–Trinajstić information content (AvgIpc) is 3.55. The molecule has 0 aromatic carbocycles. The molecular weight excluding hydrogens is 546 g/mol. The van der Waals surface area contributed by atoms with Gasteiger partial charge in [0.2, 0.25) is 0 Å². The van der Waals surface area contributed by atoms with Crippen LogP contribution < -0.4 is 0 Å². The van der Waals surface area contributed by atoms with Crippen molar-refractivity contribution in [3.8, 4) is 17.2 Å². The first-order valence-corrected chi connectivity index (χ1v) is 18.7. The lowest BCUT2D eigenvalue weighted by Crippen LogP contribution is -2.60. The van der Waals surface area contributed by atoms with Crippen LogP contribution in [0.15, 0.2) is 36.9 Å². The van der Waals surface area contributed by atoms with Crippen molar-refractivity contribution in [2.24, 2.45) is 0 Å². The summed E-state index contributed by atoms with van der Waals surface area (Å²) in [6.45, 7) is 16.9. The Labute approximate surface area is 250 Å². The number of fused-ring (bicyclic) bond motifs is 1. The molecule has 226 valence electrons. The van der Waals surface area contributed by atoms with Gasteiger partial charge >= 0.3 is 6.09 Å². The van der Waals surface area contributed by atoms with E-state index in [1.807, 2.05) is 50.1 Å². The van der Waals surface area contributed by atoms with Gasteiger partial charge in [-0.1, -0.05) is 19.6 Å². The zero-order chi connectivity index (χ0) is 30.1. The Morgan fingerprint density at radius 2 is 1.90 bits per heavy atom. The van der Waals surface area contributed by atoms with E-state index in [1.54, 1.807) is 4.90 Å². The van der Waals surface area contributed by atoms with Crippen LogP contribution in [0.4, 0.5) is 4.79 Å². The maximum atomic E-state index is 12.5. The first kappa shape index (κ1) is 30.3. The minimum atomic E-state index is -1.13. The summed E-state index contributed by atoms with van der Waals surface area (Å²) in [6.07, 6.45) is 9.78. The fourth-order valence-electron chi connectivity index (χ4n) is 5.94. The number of carbonyl (C=O) groups is 1. The minimum Gasteiger partial charge on any atom is -0.444 e.